The maximum absolute atomic E-state index is 12.6. The van der Waals surface area contributed by atoms with E-state index < -0.39 is 0 Å². The molecule has 2 aromatic carbocycles. The van der Waals surface area contributed by atoms with Gasteiger partial charge in [0.1, 0.15) is 30.0 Å². The molecule has 0 aliphatic carbocycles. The maximum Gasteiger partial charge on any atom is 0.230 e. The van der Waals surface area contributed by atoms with Crippen LogP contribution in [0.3, 0.4) is 0 Å². The van der Waals surface area contributed by atoms with E-state index in [1.807, 2.05) is 5.38 Å². The second-order valence-corrected chi connectivity index (χ2v) is 8.02. The van der Waals surface area contributed by atoms with Crippen LogP contribution in [0.2, 0.25) is 10.0 Å². The predicted octanol–water partition coefficient (Wildman–Crippen LogP) is 4.79. The highest BCUT2D eigenvalue weighted by Crippen LogP contribution is 2.24. The molecule has 4 aromatic rings. The number of ether oxygens (including phenoxy) is 1. The number of rotatable bonds is 7. The second-order valence-electron chi connectivity index (χ2n) is 6.20. The Morgan fingerprint density at radius 3 is 2.70 bits per heavy atom. The summed E-state index contributed by atoms with van der Waals surface area (Å²) >= 11 is 13.4. The highest BCUT2D eigenvalue weighted by Gasteiger charge is 2.13. The minimum atomic E-state index is -0.214. The van der Waals surface area contributed by atoms with Crippen LogP contribution in [-0.2, 0) is 17.8 Å². The lowest BCUT2D eigenvalue weighted by Gasteiger charge is -2.11. The average molecular weight is 460 g/mol. The van der Waals surface area contributed by atoms with E-state index in [1.54, 1.807) is 53.5 Å². The highest BCUT2D eigenvalue weighted by molar-refractivity contribution is 7.09. The van der Waals surface area contributed by atoms with Gasteiger partial charge >= 0.3 is 0 Å². The number of carbonyl (C=O) groups excluding carboxylic acids is 1. The Morgan fingerprint density at radius 1 is 1.13 bits per heavy atom. The molecule has 1 amide bonds. The van der Waals surface area contributed by atoms with Gasteiger partial charge in [0.2, 0.25) is 5.91 Å². The molecule has 0 aliphatic rings. The lowest BCUT2D eigenvalue weighted by Crippen LogP contribution is -2.16. The number of amides is 1. The topological polar surface area (TPSA) is 81.9 Å². The monoisotopic (exact) mass is 459 g/mol. The summed E-state index contributed by atoms with van der Waals surface area (Å²) in [7, 11) is 0. The van der Waals surface area contributed by atoms with E-state index in [1.165, 1.54) is 17.7 Å². The lowest BCUT2D eigenvalue weighted by atomic mass is 10.2. The number of benzene rings is 2. The van der Waals surface area contributed by atoms with Crippen molar-refractivity contribution in [3.05, 3.63) is 81.2 Å². The SMILES string of the molecule is O=C(Cc1csc(COc2ccc(Cl)cc2)n1)Nc1cc(Cl)ccc1-n1cncn1. The molecular weight excluding hydrogens is 445 g/mol. The Hall–Kier alpha value is -2.94. The number of hydrogen-bond acceptors (Lipinski definition) is 6. The van der Waals surface area contributed by atoms with E-state index in [9.17, 15) is 4.79 Å². The molecule has 152 valence electrons. The first-order valence-electron chi connectivity index (χ1n) is 8.83. The number of halogens is 2. The molecule has 0 fully saturated rings. The van der Waals surface area contributed by atoms with E-state index in [0.717, 1.165) is 5.01 Å². The first-order chi connectivity index (χ1) is 14.6. The fourth-order valence-corrected chi connectivity index (χ4v) is 3.68. The molecule has 0 bridgehead atoms. The molecule has 2 heterocycles. The molecule has 0 aliphatic heterocycles. The van der Waals surface area contributed by atoms with Gasteiger partial charge in [0, 0.05) is 15.4 Å². The van der Waals surface area contributed by atoms with Crippen LogP contribution in [-0.4, -0.2) is 25.7 Å². The molecule has 0 spiro atoms. The van der Waals surface area contributed by atoms with E-state index in [2.05, 4.69) is 20.4 Å². The number of nitrogens with one attached hydrogen (secondary N) is 1. The van der Waals surface area contributed by atoms with Crippen LogP contribution in [0.4, 0.5) is 5.69 Å². The van der Waals surface area contributed by atoms with Gasteiger partial charge in [-0.25, -0.2) is 14.6 Å². The lowest BCUT2D eigenvalue weighted by molar-refractivity contribution is -0.115. The third-order valence-corrected chi connectivity index (χ3v) is 5.37. The summed E-state index contributed by atoms with van der Waals surface area (Å²) in [5.74, 6) is 0.490. The van der Waals surface area contributed by atoms with Crippen molar-refractivity contribution >= 4 is 46.1 Å². The summed E-state index contributed by atoms with van der Waals surface area (Å²) in [5, 5.41) is 10.7. The molecule has 2 aromatic heterocycles. The number of carbonyl (C=O) groups is 1. The molecule has 4 rings (SSSR count). The van der Waals surface area contributed by atoms with Crippen LogP contribution in [0.15, 0.2) is 60.5 Å². The van der Waals surface area contributed by atoms with E-state index in [4.69, 9.17) is 27.9 Å². The zero-order valence-corrected chi connectivity index (χ0v) is 17.8. The number of aromatic nitrogens is 4. The number of thiazole rings is 1. The zero-order valence-electron chi connectivity index (χ0n) is 15.5. The predicted molar refractivity (Wildman–Crippen MR) is 117 cm³/mol. The van der Waals surface area contributed by atoms with Crippen molar-refractivity contribution in [1.29, 1.82) is 0 Å². The van der Waals surface area contributed by atoms with Crippen molar-refractivity contribution in [1.82, 2.24) is 19.7 Å². The first kappa shape index (κ1) is 20.3. The molecule has 0 unspecified atom stereocenters. The standard InChI is InChI=1S/C20H15Cl2N5O2S/c21-13-1-4-16(5-2-13)29-9-20-25-15(10-30-20)8-19(28)26-17-7-14(22)3-6-18(17)27-12-23-11-24-27/h1-7,10-12H,8-9H2,(H,26,28). The van der Waals surface area contributed by atoms with Gasteiger partial charge in [0.05, 0.1) is 23.5 Å². The Morgan fingerprint density at radius 2 is 1.93 bits per heavy atom. The first-order valence-corrected chi connectivity index (χ1v) is 10.5. The minimum absolute atomic E-state index is 0.126. The van der Waals surface area contributed by atoms with Crippen LogP contribution in [0, 0.1) is 0 Å². The molecule has 7 nitrogen and oxygen atoms in total. The maximum atomic E-state index is 12.6. The minimum Gasteiger partial charge on any atom is -0.486 e. The summed E-state index contributed by atoms with van der Waals surface area (Å²) in [6.45, 7) is 0.318. The van der Waals surface area contributed by atoms with Gasteiger partial charge in [-0.2, -0.15) is 5.10 Å². The van der Waals surface area contributed by atoms with Gasteiger partial charge in [0.15, 0.2) is 0 Å². The summed E-state index contributed by atoms with van der Waals surface area (Å²) < 4.78 is 7.25. The molecule has 0 saturated carbocycles. The van der Waals surface area contributed by atoms with Gasteiger partial charge in [-0.15, -0.1) is 11.3 Å². The van der Waals surface area contributed by atoms with Crippen molar-refractivity contribution in [3.8, 4) is 11.4 Å². The number of nitrogens with zero attached hydrogens (tertiary/aromatic N) is 4. The molecule has 0 saturated heterocycles. The van der Waals surface area contributed by atoms with Crippen molar-refractivity contribution in [2.45, 2.75) is 13.0 Å². The van der Waals surface area contributed by atoms with E-state index in [-0.39, 0.29) is 12.3 Å². The fourth-order valence-electron chi connectivity index (χ4n) is 2.67. The Labute approximate surface area is 186 Å². The smallest absolute Gasteiger partial charge is 0.230 e. The van der Waals surface area contributed by atoms with E-state index >= 15 is 0 Å². The molecule has 30 heavy (non-hydrogen) atoms. The van der Waals surface area contributed by atoms with Gasteiger partial charge in [-0.3, -0.25) is 4.79 Å². The van der Waals surface area contributed by atoms with Crippen LogP contribution >= 0.6 is 34.5 Å². The molecule has 10 heteroatoms. The molecule has 0 atom stereocenters. The number of anilines is 1. The normalized spacial score (nSPS) is 10.7. The van der Waals surface area contributed by atoms with Crippen LogP contribution in [0.1, 0.15) is 10.7 Å². The average Bonchev–Trinajstić information content (AvgIpc) is 3.40. The molecular formula is C20H15Cl2N5O2S. The van der Waals surface area contributed by atoms with Gasteiger partial charge in [-0.1, -0.05) is 23.2 Å². The second kappa shape index (κ2) is 9.25. The summed E-state index contributed by atoms with van der Waals surface area (Å²) in [5.41, 5.74) is 1.87. The summed E-state index contributed by atoms with van der Waals surface area (Å²) in [4.78, 5) is 21.0. The van der Waals surface area contributed by atoms with Crippen molar-refractivity contribution < 1.29 is 9.53 Å². The van der Waals surface area contributed by atoms with E-state index in [0.29, 0.717) is 39.5 Å². The fraction of sp³-hybridized carbons (Fsp3) is 0.100. The Bertz CT molecular complexity index is 1150. The van der Waals surface area contributed by atoms with Crippen molar-refractivity contribution in [2.24, 2.45) is 0 Å². The van der Waals surface area contributed by atoms with Crippen LogP contribution < -0.4 is 10.1 Å². The van der Waals surface area contributed by atoms with Crippen molar-refractivity contribution in [2.75, 3.05) is 5.32 Å². The third kappa shape index (κ3) is 5.15. The van der Waals surface area contributed by atoms with Gasteiger partial charge in [0.25, 0.3) is 0 Å². The molecule has 0 radical (unpaired) electrons. The Balaban J connectivity index is 1.38. The highest BCUT2D eigenvalue weighted by atomic mass is 35.5. The quantitative estimate of drug-likeness (QED) is 0.429. The number of hydrogen-bond donors (Lipinski definition) is 1. The summed E-state index contributed by atoms with van der Waals surface area (Å²) in [6, 6.07) is 12.3. The van der Waals surface area contributed by atoms with Crippen LogP contribution in [0.5, 0.6) is 5.75 Å². The van der Waals surface area contributed by atoms with Gasteiger partial charge in [-0.05, 0) is 42.5 Å². The third-order valence-electron chi connectivity index (χ3n) is 4.02. The summed E-state index contributed by atoms with van der Waals surface area (Å²) in [6.07, 6.45) is 3.09. The zero-order chi connectivity index (χ0) is 20.9. The largest absolute Gasteiger partial charge is 0.486 e. The van der Waals surface area contributed by atoms with Crippen LogP contribution in [0.25, 0.3) is 5.69 Å². The van der Waals surface area contributed by atoms with Crippen molar-refractivity contribution in [3.63, 3.8) is 0 Å². The van der Waals surface area contributed by atoms with Gasteiger partial charge < -0.3 is 10.1 Å². The molecule has 1 N–H and O–H groups in total. The Kier molecular flexibility index (Phi) is 6.27.